The van der Waals surface area contributed by atoms with Gasteiger partial charge in [0.1, 0.15) is 5.75 Å². The van der Waals surface area contributed by atoms with Crippen LogP contribution in [0.1, 0.15) is 21.5 Å². The third kappa shape index (κ3) is 2.91. The summed E-state index contributed by atoms with van der Waals surface area (Å²) in [6.45, 7) is 1.89. The largest absolute Gasteiger partial charge is 0.495 e. The highest BCUT2D eigenvalue weighted by Crippen LogP contribution is 2.26. The Morgan fingerprint density at radius 3 is 2.11 bits per heavy atom. The SMILES string of the molecule is COc1ccc(C(=O)c2ccc(C)c(Cl)c2)cc1Cl. The first-order valence-corrected chi connectivity index (χ1v) is 6.43. The van der Waals surface area contributed by atoms with Gasteiger partial charge in [-0.2, -0.15) is 0 Å². The molecule has 0 saturated carbocycles. The van der Waals surface area contributed by atoms with Crippen LogP contribution in [-0.2, 0) is 0 Å². The van der Waals surface area contributed by atoms with Gasteiger partial charge >= 0.3 is 0 Å². The van der Waals surface area contributed by atoms with Gasteiger partial charge in [0, 0.05) is 16.1 Å². The molecule has 0 bridgehead atoms. The number of methoxy groups -OCH3 is 1. The van der Waals surface area contributed by atoms with Crippen molar-refractivity contribution in [1.82, 2.24) is 0 Å². The van der Waals surface area contributed by atoms with Crippen LogP contribution in [0.25, 0.3) is 0 Å². The topological polar surface area (TPSA) is 26.3 Å². The summed E-state index contributed by atoms with van der Waals surface area (Å²) in [5.74, 6) is 0.423. The Morgan fingerprint density at radius 1 is 1.00 bits per heavy atom. The molecular weight excluding hydrogens is 283 g/mol. The number of hydrogen-bond donors (Lipinski definition) is 0. The summed E-state index contributed by atoms with van der Waals surface area (Å²) in [5.41, 5.74) is 1.98. The van der Waals surface area contributed by atoms with Gasteiger partial charge in [-0.1, -0.05) is 35.3 Å². The van der Waals surface area contributed by atoms with Crippen molar-refractivity contribution in [3.8, 4) is 5.75 Å². The Labute approximate surface area is 121 Å². The van der Waals surface area contributed by atoms with Crippen molar-refractivity contribution in [3.05, 3.63) is 63.1 Å². The molecule has 0 aromatic heterocycles. The first-order valence-electron chi connectivity index (χ1n) is 5.67. The van der Waals surface area contributed by atoms with E-state index in [-0.39, 0.29) is 5.78 Å². The van der Waals surface area contributed by atoms with Crippen molar-refractivity contribution in [1.29, 1.82) is 0 Å². The highest BCUT2D eigenvalue weighted by molar-refractivity contribution is 6.33. The Balaban J connectivity index is 2.38. The minimum atomic E-state index is -0.119. The summed E-state index contributed by atoms with van der Waals surface area (Å²) in [5, 5.41) is 0.983. The molecule has 98 valence electrons. The summed E-state index contributed by atoms with van der Waals surface area (Å²) in [6, 6.07) is 10.2. The second-order valence-corrected chi connectivity index (χ2v) is 4.96. The van der Waals surface area contributed by atoms with Gasteiger partial charge < -0.3 is 4.74 Å². The van der Waals surface area contributed by atoms with Crippen molar-refractivity contribution >= 4 is 29.0 Å². The number of aryl methyl sites for hydroxylation is 1. The van der Waals surface area contributed by atoms with Gasteiger partial charge in [0.05, 0.1) is 12.1 Å². The van der Waals surface area contributed by atoms with Crippen molar-refractivity contribution in [2.24, 2.45) is 0 Å². The Kier molecular flexibility index (Phi) is 4.13. The molecule has 0 amide bonds. The van der Waals surface area contributed by atoms with Gasteiger partial charge in [-0.3, -0.25) is 4.79 Å². The van der Waals surface area contributed by atoms with Gasteiger partial charge in [-0.15, -0.1) is 0 Å². The van der Waals surface area contributed by atoms with E-state index < -0.39 is 0 Å². The van der Waals surface area contributed by atoms with Crippen LogP contribution in [0, 0.1) is 6.92 Å². The standard InChI is InChI=1S/C15H12Cl2O2/c1-9-3-4-10(7-12(9)16)15(18)11-5-6-14(19-2)13(17)8-11/h3-8H,1-2H3. The number of carbonyl (C=O) groups is 1. The zero-order chi connectivity index (χ0) is 14.0. The first-order chi connectivity index (χ1) is 9.02. The first kappa shape index (κ1) is 13.9. The third-order valence-corrected chi connectivity index (χ3v) is 3.55. The number of ketones is 1. The molecule has 2 nitrogen and oxygen atoms in total. The lowest BCUT2D eigenvalue weighted by molar-refractivity contribution is 0.103. The van der Waals surface area contributed by atoms with Crippen LogP contribution in [0.2, 0.25) is 10.0 Å². The van der Waals surface area contributed by atoms with Crippen LogP contribution >= 0.6 is 23.2 Å². The van der Waals surface area contributed by atoms with Crippen LogP contribution in [0.5, 0.6) is 5.75 Å². The molecule has 0 saturated heterocycles. The number of ether oxygens (including phenoxy) is 1. The van der Waals surface area contributed by atoms with Crippen LogP contribution in [0.4, 0.5) is 0 Å². The van der Waals surface area contributed by atoms with Crippen LogP contribution in [-0.4, -0.2) is 12.9 Å². The zero-order valence-corrected chi connectivity index (χ0v) is 12.0. The smallest absolute Gasteiger partial charge is 0.193 e. The van der Waals surface area contributed by atoms with E-state index in [1.54, 1.807) is 30.3 Å². The monoisotopic (exact) mass is 294 g/mol. The molecule has 0 N–H and O–H groups in total. The zero-order valence-electron chi connectivity index (χ0n) is 10.5. The molecule has 0 spiro atoms. The molecule has 0 heterocycles. The van der Waals surface area contributed by atoms with E-state index in [4.69, 9.17) is 27.9 Å². The molecule has 0 radical (unpaired) electrons. The number of benzene rings is 2. The summed E-state index contributed by atoms with van der Waals surface area (Å²) >= 11 is 12.0. The van der Waals surface area contributed by atoms with Gasteiger partial charge in [0.15, 0.2) is 5.78 Å². The van der Waals surface area contributed by atoms with Crippen molar-refractivity contribution in [3.63, 3.8) is 0 Å². The lowest BCUT2D eigenvalue weighted by Gasteiger charge is -2.06. The van der Waals surface area contributed by atoms with E-state index in [0.29, 0.717) is 26.9 Å². The summed E-state index contributed by atoms with van der Waals surface area (Å²) < 4.78 is 5.06. The maximum Gasteiger partial charge on any atom is 0.193 e. The van der Waals surface area contributed by atoms with E-state index in [1.807, 2.05) is 13.0 Å². The molecule has 0 fully saturated rings. The second-order valence-electron chi connectivity index (χ2n) is 4.14. The maximum atomic E-state index is 12.3. The van der Waals surface area contributed by atoms with E-state index in [1.165, 1.54) is 7.11 Å². The molecular formula is C15H12Cl2O2. The minimum absolute atomic E-state index is 0.119. The summed E-state index contributed by atoms with van der Waals surface area (Å²) in [6.07, 6.45) is 0. The fraction of sp³-hybridized carbons (Fsp3) is 0.133. The highest BCUT2D eigenvalue weighted by atomic mass is 35.5. The molecule has 0 atom stereocenters. The van der Waals surface area contributed by atoms with E-state index in [0.717, 1.165) is 5.56 Å². The normalized spacial score (nSPS) is 10.3. The fourth-order valence-corrected chi connectivity index (χ4v) is 2.15. The molecule has 0 unspecified atom stereocenters. The lowest BCUT2D eigenvalue weighted by atomic mass is 10.0. The number of halogens is 2. The van der Waals surface area contributed by atoms with E-state index in [9.17, 15) is 4.79 Å². The molecule has 2 rings (SSSR count). The number of carbonyl (C=O) groups excluding carboxylic acids is 1. The number of rotatable bonds is 3. The predicted octanol–water partition coefficient (Wildman–Crippen LogP) is 4.54. The fourth-order valence-electron chi connectivity index (χ4n) is 1.71. The Hall–Kier alpha value is -1.51. The van der Waals surface area contributed by atoms with E-state index >= 15 is 0 Å². The Morgan fingerprint density at radius 2 is 1.58 bits per heavy atom. The van der Waals surface area contributed by atoms with Crippen LogP contribution in [0.3, 0.4) is 0 Å². The van der Waals surface area contributed by atoms with Crippen LogP contribution < -0.4 is 4.74 Å². The van der Waals surface area contributed by atoms with Crippen LogP contribution in [0.15, 0.2) is 36.4 Å². The lowest BCUT2D eigenvalue weighted by Crippen LogP contribution is -2.02. The third-order valence-electron chi connectivity index (χ3n) is 2.85. The van der Waals surface area contributed by atoms with Gasteiger partial charge in [0.25, 0.3) is 0 Å². The van der Waals surface area contributed by atoms with Crippen molar-refractivity contribution in [2.45, 2.75) is 6.92 Å². The van der Waals surface area contributed by atoms with Crippen molar-refractivity contribution < 1.29 is 9.53 Å². The van der Waals surface area contributed by atoms with Gasteiger partial charge in [0.2, 0.25) is 0 Å². The average Bonchev–Trinajstić information content (AvgIpc) is 2.41. The predicted molar refractivity (Wildman–Crippen MR) is 77.6 cm³/mol. The molecule has 19 heavy (non-hydrogen) atoms. The quantitative estimate of drug-likeness (QED) is 0.777. The number of hydrogen-bond acceptors (Lipinski definition) is 2. The molecule has 2 aromatic carbocycles. The van der Waals surface area contributed by atoms with Gasteiger partial charge in [-0.05, 0) is 36.8 Å². The maximum absolute atomic E-state index is 12.3. The van der Waals surface area contributed by atoms with Gasteiger partial charge in [-0.25, -0.2) is 0 Å². The molecule has 0 aliphatic carbocycles. The molecule has 0 aliphatic heterocycles. The molecule has 2 aromatic rings. The minimum Gasteiger partial charge on any atom is -0.495 e. The molecule has 0 aliphatic rings. The second kappa shape index (κ2) is 5.64. The summed E-state index contributed by atoms with van der Waals surface area (Å²) in [4.78, 5) is 12.3. The molecule has 4 heteroatoms. The van der Waals surface area contributed by atoms with Crippen molar-refractivity contribution in [2.75, 3.05) is 7.11 Å². The summed E-state index contributed by atoms with van der Waals surface area (Å²) in [7, 11) is 1.53. The average molecular weight is 295 g/mol. The highest BCUT2D eigenvalue weighted by Gasteiger charge is 2.12. The Bertz CT molecular complexity index is 636. The van der Waals surface area contributed by atoms with E-state index in [2.05, 4.69) is 0 Å².